The van der Waals surface area contributed by atoms with E-state index in [4.69, 9.17) is 0 Å². The number of halogens is 1. The molecule has 0 aliphatic carbocycles. The normalized spacial score (nSPS) is 16.2. The van der Waals surface area contributed by atoms with Gasteiger partial charge in [0.2, 0.25) is 0 Å². The minimum Gasteiger partial charge on any atom is -0.308 e. The molecule has 0 aliphatic heterocycles. The van der Waals surface area contributed by atoms with Crippen molar-refractivity contribution in [2.24, 2.45) is 0 Å². The molecular formula is C17H29FN2. The van der Waals surface area contributed by atoms with Gasteiger partial charge in [0.15, 0.2) is 0 Å². The monoisotopic (exact) mass is 280 g/mol. The van der Waals surface area contributed by atoms with Crippen LogP contribution >= 0.6 is 0 Å². The molecule has 1 aromatic rings. The van der Waals surface area contributed by atoms with Gasteiger partial charge < -0.3 is 10.2 Å². The third-order valence-corrected chi connectivity index (χ3v) is 4.50. The first-order chi connectivity index (χ1) is 9.36. The fraction of sp³-hybridized carbons (Fsp3) is 0.647. The highest BCUT2D eigenvalue weighted by Crippen LogP contribution is 2.34. The van der Waals surface area contributed by atoms with Gasteiger partial charge in [0.25, 0.3) is 0 Å². The van der Waals surface area contributed by atoms with Gasteiger partial charge in [-0.05, 0) is 70.6 Å². The average molecular weight is 280 g/mol. The molecule has 0 saturated carbocycles. The van der Waals surface area contributed by atoms with E-state index in [-0.39, 0.29) is 17.4 Å². The lowest BCUT2D eigenvalue weighted by atomic mass is 9.81. The predicted octanol–water partition coefficient (Wildman–Crippen LogP) is 3.91. The van der Waals surface area contributed by atoms with Gasteiger partial charge in [-0.2, -0.15) is 0 Å². The molecule has 0 bridgehead atoms. The molecule has 2 unspecified atom stereocenters. The van der Waals surface area contributed by atoms with Crippen LogP contribution in [0, 0.1) is 12.7 Å². The van der Waals surface area contributed by atoms with Crippen LogP contribution < -0.4 is 5.32 Å². The summed E-state index contributed by atoms with van der Waals surface area (Å²) in [5, 5.41) is 3.65. The molecule has 2 atom stereocenters. The summed E-state index contributed by atoms with van der Waals surface area (Å²) in [5.41, 5.74) is 2.20. The minimum absolute atomic E-state index is 0.00222. The molecule has 0 aliphatic rings. The standard InChI is InChI=1S/C17H29FN2/c1-7-11-19-16(17(4,8-2)20(5)6)15-10-9-14(18)12-13(15)3/h9-10,12,16,19H,7-8,11H2,1-6H3. The van der Waals surface area contributed by atoms with Gasteiger partial charge in [-0.15, -0.1) is 0 Å². The van der Waals surface area contributed by atoms with E-state index in [1.807, 2.05) is 13.0 Å². The summed E-state index contributed by atoms with van der Waals surface area (Å²) >= 11 is 0. The number of hydrogen-bond donors (Lipinski definition) is 1. The van der Waals surface area contributed by atoms with Gasteiger partial charge in [0.05, 0.1) is 6.04 Å². The summed E-state index contributed by atoms with van der Waals surface area (Å²) in [6, 6.07) is 5.31. The number of hydrogen-bond acceptors (Lipinski definition) is 2. The molecule has 0 spiro atoms. The van der Waals surface area contributed by atoms with Crippen molar-refractivity contribution in [3.63, 3.8) is 0 Å². The predicted molar refractivity (Wildman–Crippen MR) is 84.6 cm³/mol. The third-order valence-electron chi connectivity index (χ3n) is 4.50. The molecule has 1 aromatic carbocycles. The SMILES string of the molecule is CCCNC(c1ccc(F)cc1C)C(C)(CC)N(C)C. The van der Waals surface area contributed by atoms with Crippen molar-refractivity contribution >= 4 is 0 Å². The first kappa shape index (κ1) is 17.1. The van der Waals surface area contributed by atoms with E-state index in [0.717, 1.165) is 24.9 Å². The fourth-order valence-electron chi connectivity index (χ4n) is 2.70. The van der Waals surface area contributed by atoms with Crippen LogP contribution in [-0.2, 0) is 0 Å². The van der Waals surface area contributed by atoms with Gasteiger partial charge in [0.1, 0.15) is 5.82 Å². The molecule has 0 fully saturated rings. The Kier molecular flexibility index (Phi) is 6.15. The van der Waals surface area contributed by atoms with Crippen molar-refractivity contribution in [2.45, 2.75) is 52.1 Å². The summed E-state index contributed by atoms with van der Waals surface area (Å²) in [6.07, 6.45) is 2.11. The maximum Gasteiger partial charge on any atom is 0.123 e. The lowest BCUT2D eigenvalue weighted by Crippen LogP contribution is -2.51. The van der Waals surface area contributed by atoms with Gasteiger partial charge in [-0.25, -0.2) is 4.39 Å². The first-order valence-electron chi connectivity index (χ1n) is 7.53. The molecule has 20 heavy (non-hydrogen) atoms. The van der Waals surface area contributed by atoms with Crippen LogP contribution in [0.3, 0.4) is 0 Å². The number of rotatable bonds is 7. The number of aryl methyl sites for hydroxylation is 1. The molecule has 0 amide bonds. The van der Waals surface area contributed by atoms with E-state index < -0.39 is 0 Å². The molecule has 0 saturated heterocycles. The third kappa shape index (κ3) is 3.58. The molecular weight excluding hydrogens is 251 g/mol. The average Bonchev–Trinajstić information content (AvgIpc) is 2.40. The highest BCUT2D eigenvalue weighted by molar-refractivity contribution is 5.32. The molecule has 3 heteroatoms. The van der Waals surface area contributed by atoms with Crippen LogP contribution in [0.5, 0.6) is 0 Å². The minimum atomic E-state index is -0.163. The Morgan fingerprint density at radius 3 is 2.40 bits per heavy atom. The number of benzene rings is 1. The molecule has 0 radical (unpaired) electrons. The highest BCUT2D eigenvalue weighted by atomic mass is 19.1. The first-order valence-corrected chi connectivity index (χ1v) is 7.53. The summed E-state index contributed by atoms with van der Waals surface area (Å²) in [7, 11) is 4.23. The molecule has 0 heterocycles. The molecule has 1 rings (SSSR count). The highest BCUT2D eigenvalue weighted by Gasteiger charge is 2.36. The zero-order chi connectivity index (χ0) is 15.3. The van der Waals surface area contributed by atoms with Gasteiger partial charge in [0, 0.05) is 5.54 Å². The number of likely N-dealkylation sites (N-methyl/N-ethyl adjacent to an activating group) is 1. The van der Waals surface area contributed by atoms with Crippen molar-refractivity contribution < 1.29 is 4.39 Å². The van der Waals surface area contributed by atoms with E-state index in [0.29, 0.717) is 0 Å². The van der Waals surface area contributed by atoms with Crippen LogP contribution in [-0.4, -0.2) is 31.1 Å². The zero-order valence-electron chi connectivity index (χ0n) is 13.8. The number of nitrogens with zero attached hydrogens (tertiary/aromatic N) is 1. The van der Waals surface area contributed by atoms with Crippen LogP contribution in [0.25, 0.3) is 0 Å². The van der Waals surface area contributed by atoms with Crippen molar-refractivity contribution in [2.75, 3.05) is 20.6 Å². The van der Waals surface area contributed by atoms with Crippen LogP contribution in [0.2, 0.25) is 0 Å². The fourth-order valence-corrected chi connectivity index (χ4v) is 2.70. The summed E-state index contributed by atoms with van der Waals surface area (Å²) in [4.78, 5) is 2.27. The van der Waals surface area contributed by atoms with Gasteiger partial charge in [-0.3, -0.25) is 0 Å². The number of nitrogens with one attached hydrogen (secondary N) is 1. The van der Waals surface area contributed by atoms with Crippen LogP contribution in [0.4, 0.5) is 4.39 Å². The maximum atomic E-state index is 13.4. The van der Waals surface area contributed by atoms with Crippen molar-refractivity contribution in [1.29, 1.82) is 0 Å². The Morgan fingerprint density at radius 1 is 1.30 bits per heavy atom. The molecule has 2 nitrogen and oxygen atoms in total. The zero-order valence-corrected chi connectivity index (χ0v) is 13.8. The van der Waals surface area contributed by atoms with E-state index in [1.54, 1.807) is 12.1 Å². The summed E-state index contributed by atoms with van der Waals surface area (Å²) < 4.78 is 13.4. The second-order valence-electron chi connectivity index (χ2n) is 5.99. The van der Waals surface area contributed by atoms with Crippen LogP contribution in [0.15, 0.2) is 18.2 Å². The lowest BCUT2D eigenvalue weighted by molar-refractivity contribution is 0.112. The second-order valence-corrected chi connectivity index (χ2v) is 5.99. The van der Waals surface area contributed by atoms with Crippen LogP contribution in [0.1, 0.15) is 50.8 Å². The smallest absolute Gasteiger partial charge is 0.123 e. The molecule has 0 aromatic heterocycles. The maximum absolute atomic E-state index is 13.4. The topological polar surface area (TPSA) is 15.3 Å². The summed E-state index contributed by atoms with van der Waals surface area (Å²) in [6.45, 7) is 9.60. The van der Waals surface area contributed by atoms with Gasteiger partial charge in [-0.1, -0.05) is 19.9 Å². The van der Waals surface area contributed by atoms with E-state index in [2.05, 4.69) is 45.1 Å². The lowest BCUT2D eigenvalue weighted by Gasteiger charge is -2.44. The van der Waals surface area contributed by atoms with Crippen molar-refractivity contribution in [1.82, 2.24) is 10.2 Å². The molecule has 114 valence electrons. The van der Waals surface area contributed by atoms with E-state index in [9.17, 15) is 4.39 Å². The Hall–Kier alpha value is -0.930. The van der Waals surface area contributed by atoms with Crippen molar-refractivity contribution in [3.05, 3.63) is 35.1 Å². The second kappa shape index (κ2) is 7.19. The molecule has 1 N–H and O–H groups in total. The van der Waals surface area contributed by atoms with E-state index >= 15 is 0 Å². The Balaban J connectivity index is 3.23. The summed E-state index contributed by atoms with van der Waals surface area (Å²) in [5.74, 6) is -0.163. The van der Waals surface area contributed by atoms with Gasteiger partial charge >= 0.3 is 0 Å². The largest absolute Gasteiger partial charge is 0.308 e. The Morgan fingerprint density at radius 2 is 1.95 bits per heavy atom. The van der Waals surface area contributed by atoms with E-state index in [1.165, 1.54) is 5.56 Å². The van der Waals surface area contributed by atoms with Crippen molar-refractivity contribution in [3.8, 4) is 0 Å². The Labute approximate surface area is 123 Å². The Bertz CT molecular complexity index is 431. The quantitative estimate of drug-likeness (QED) is 0.815.